The van der Waals surface area contributed by atoms with Crippen LogP contribution in [0, 0.1) is 0 Å². The van der Waals surface area contributed by atoms with Crippen LogP contribution in [0.2, 0.25) is 0 Å². The fourth-order valence-electron chi connectivity index (χ4n) is 0.604. The maximum Gasteiger partial charge on any atom is 1.00 e. The molecule has 0 aromatic carbocycles. The van der Waals surface area contributed by atoms with E-state index >= 15 is 0 Å². The summed E-state index contributed by atoms with van der Waals surface area (Å²) in [6.45, 7) is 4.56. The van der Waals surface area contributed by atoms with Gasteiger partial charge in [0.15, 0.2) is 0 Å². The van der Waals surface area contributed by atoms with Crippen molar-refractivity contribution < 1.29 is 108 Å². The number of phosphoric acid groups is 1. The molecule has 1 rings (SSSR count). The topological polar surface area (TPSA) is 110 Å². The molecule has 15 heavy (non-hydrogen) atoms. The van der Waals surface area contributed by atoms with Gasteiger partial charge in [-0.3, -0.25) is 0 Å². The van der Waals surface area contributed by atoms with Crippen LogP contribution >= 0.6 is 20.2 Å². The quantitative estimate of drug-likeness (QED) is 0.338. The third-order valence-corrected chi connectivity index (χ3v) is 0.957. The summed E-state index contributed by atoms with van der Waals surface area (Å²) in [5, 5.41) is 6.44. The van der Waals surface area contributed by atoms with E-state index in [0.717, 1.165) is 26.2 Å². The van der Waals surface area contributed by atoms with Crippen LogP contribution in [0.25, 0.3) is 0 Å². The molecule has 0 atom stereocenters. The van der Waals surface area contributed by atoms with Crippen LogP contribution < -0.4 is 114 Å². The molecule has 0 aromatic heterocycles. The van der Waals surface area contributed by atoms with Crippen molar-refractivity contribution in [1.82, 2.24) is 10.6 Å². The fraction of sp³-hybridized carbons (Fsp3) is 1.00. The Labute approximate surface area is 162 Å². The van der Waals surface area contributed by atoms with Gasteiger partial charge in [-0.25, -0.2) is 0 Å². The van der Waals surface area contributed by atoms with Gasteiger partial charge in [-0.1, -0.05) is 0 Å². The minimum absolute atomic E-state index is 0. The third kappa shape index (κ3) is 46.8. The molecule has 0 unspecified atom stereocenters. The average Bonchev–Trinajstić information content (AvgIpc) is 1.88. The molecule has 11 heteroatoms. The third-order valence-electron chi connectivity index (χ3n) is 0.957. The van der Waals surface area contributed by atoms with Crippen LogP contribution in [-0.4, -0.2) is 26.2 Å². The van der Waals surface area contributed by atoms with Crippen molar-refractivity contribution in [3.8, 4) is 0 Å². The summed E-state index contributed by atoms with van der Waals surface area (Å²) < 4.78 is 8.55. The van der Waals surface area contributed by atoms with Crippen molar-refractivity contribution in [2.45, 2.75) is 0 Å². The standard InChI is InChI=1S/C4H10N2.ClH.3Na.H3O4P/c1-2-6-4-3-5-1;;;;;1-5(2,3)4/h5-6H,1-4H2;1H;;;;(H3,1,2,3,4)/q;;3*+1;/p-3. The van der Waals surface area contributed by atoms with Crippen LogP contribution in [0.1, 0.15) is 0 Å². The van der Waals surface area contributed by atoms with Gasteiger partial charge in [0, 0.05) is 26.2 Å². The van der Waals surface area contributed by atoms with Gasteiger partial charge in [0.1, 0.15) is 0 Å². The molecule has 6 nitrogen and oxygen atoms in total. The molecular weight excluding hydrogens is 275 g/mol. The largest absolute Gasteiger partial charge is 1.00 e. The number of piperazine rings is 1. The van der Waals surface area contributed by atoms with Crippen LogP contribution in [0.4, 0.5) is 0 Å². The molecule has 0 saturated carbocycles. The van der Waals surface area contributed by atoms with Gasteiger partial charge >= 0.3 is 88.7 Å². The molecule has 0 aromatic rings. The Morgan fingerprint density at radius 1 is 0.800 bits per heavy atom. The normalized spacial score (nSPS) is 13.5. The summed E-state index contributed by atoms with van der Waals surface area (Å²) in [7, 11) is -5.39. The first-order chi connectivity index (χ1) is 5.00. The summed E-state index contributed by atoms with van der Waals surface area (Å²) in [6, 6.07) is 0. The molecule has 1 aliphatic heterocycles. The van der Waals surface area contributed by atoms with E-state index in [1.807, 2.05) is 0 Å². The van der Waals surface area contributed by atoms with Crippen molar-refractivity contribution in [1.29, 1.82) is 0 Å². The monoisotopic (exact) mass is 286 g/mol. The summed E-state index contributed by atoms with van der Waals surface area (Å²) in [4.78, 5) is 25.6. The zero-order valence-electron chi connectivity index (χ0n) is 9.32. The van der Waals surface area contributed by atoms with Gasteiger partial charge in [0.05, 0.1) is 0 Å². The van der Waals surface area contributed by atoms with E-state index in [9.17, 15) is 0 Å². The fourth-order valence-corrected chi connectivity index (χ4v) is 0.604. The van der Waals surface area contributed by atoms with E-state index in [2.05, 4.69) is 10.6 Å². The summed E-state index contributed by atoms with van der Waals surface area (Å²) >= 11 is 0. The number of nitrogens with one attached hydrogen (secondary N) is 2. The average molecular weight is 287 g/mol. The number of hydrogen-bond donors (Lipinski definition) is 2. The Hall–Kier alpha value is 3.32. The Morgan fingerprint density at radius 3 is 1.00 bits per heavy atom. The minimum atomic E-state index is -5.39. The molecule has 0 spiro atoms. The van der Waals surface area contributed by atoms with E-state index in [1.165, 1.54) is 0 Å². The summed E-state index contributed by atoms with van der Waals surface area (Å²) in [5.74, 6) is 0. The van der Waals surface area contributed by atoms with Crippen molar-refractivity contribution >= 4 is 20.2 Å². The molecule has 1 saturated heterocycles. The SMILES string of the molecule is C1CNCCN1.Cl.O=P([O-])([O-])[O-].[Na+].[Na+].[Na+]. The van der Waals surface area contributed by atoms with Crippen LogP contribution in [-0.2, 0) is 4.57 Å². The molecule has 1 fully saturated rings. The maximum atomic E-state index is 8.55. The molecule has 0 radical (unpaired) electrons. The number of rotatable bonds is 0. The van der Waals surface area contributed by atoms with E-state index in [1.54, 1.807) is 0 Å². The van der Waals surface area contributed by atoms with E-state index in [-0.39, 0.29) is 101 Å². The summed E-state index contributed by atoms with van der Waals surface area (Å²) in [5.41, 5.74) is 0. The zero-order valence-corrected chi connectivity index (χ0v) is 17.0. The summed E-state index contributed by atoms with van der Waals surface area (Å²) in [6.07, 6.45) is 0. The van der Waals surface area contributed by atoms with Gasteiger partial charge < -0.3 is 29.9 Å². The molecule has 1 aliphatic rings. The molecule has 2 N–H and O–H groups in total. The van der Waals surface area contributed by atoms with E-state index < -0.39 is 7.82 Å². The zero-order chi connectivity index (χ0) is 8.74. The Balaban J connectivity index is -0.0000000356. The Bertz CT molecular complexity index is 128. The molecule has 0 amide bonds. The van der Waals surface area contributed by atoms with Crippen LogP contribution in [0.5, 0.6) is 0 Å². The smallest absolute Gasteiger partial charge is 0.822 e. The minimum Gasteiger partial charge on any atom is -0.822 e. The second-order valence-corrected chi connectivity index (χ2v) is 2.84. The first-order valence-corrected chi connectivity index (χ1v) is 4.61. The predicted octanol–water partition coefficient (Wildman–Crippen LogP) is -12.2. The maximum absolute atomic E-state index is 8.55. The molecular formula is C4H11ClN2Na3O4P. The van der Waals surface area contributed by atoms with Gasteiger partial charge in [0.25, 0.3) is 0 Å². The van der Waals surface area contributed by atoms with E-state index in [4.69, 9.17) is 19.2 Å². The molecule has 1 heterocycles. The van der Waals surface area contributed by atoms with Crippen molar-refractivity contribution in [3.05, 3.63) is 0 Å². The molecule has 76 valence electrons. The van der Waals surface area contributed by atoms with Gasteiger partial charge in [-0.05, 0) is 0 Å². The Kier molecular flexibility index (Phi) is 40.6. The van der Waals surface area contributed by atoms with Gasteiger partial charge in [-0.15, -0.1) is 12.4 Å². The number of halogens is 1. The van der Waals surface area contributed by atoms with Gasteiger partial charge in [0.2, 0.25) is 0 Å². The van der Waals surface area contributed by atoms with Crippen molar-refractivity contribution in [3.63, 3.8) is 0 Å². The molecule has 0 aliphatic carbocycles. The Morgan fingerprint density at radius 2 is 0.933 bits per heavy atom. The predicted molar refractivity (Wildman–Crippen MR) is 40.6 cm³/mol. The van der Waals surface area contributed by atoms with E-state index in [0.29, 0.717) is 0 Å². The van der Waals surface area contributed by atoms with Crippen LogP contribution in [0.15, 0.2) is 0 Å². The number of hydrogen-bond acceptors (Lipinski definition) is 6. The first kappa shape index (κ1) is 31.0. The second kappa shape index (κ2) is 19.7. The van der Waals surface area contributed by atoms with Crippen molar-refractivity contribution in [2.24, 2.45) is 0 Å². The van der Waals surface area contributed by atoms with Gasteiger partial charge in [-0.2, -0.15) is 7.82 Å². The molecule has 0 bridgehead atoms. The van der Waals surface area contributed by atoms with Crippen LogP contribution in [0.3, 0.4) is 0 Å². The van der Waals surface area contributed by atoms with Crippen molar-refractivity contribution in [2.75, 3.05) is 26.2 Å². The first-order valence-electron chi connectivity index (χ1n) is 3.14. The second-order valence-electron chi connectivity index (χ2n) is 1.95.